The number of alkyl halides is 3. The van der Waals surface area contributed by atoms with Gasteiger partial charge in [0.2, 0.25) is 11.7 Å². The van der Waals surface area contributed by atoms with Gasteiger partial charge < -0.3 is 29.7 Å². The maximum atomic E-state index is 15.8. The topological polar surface area (TPSA) is 61.5 Å². The number of amides is 1. The smallest absolute Gasteiger partial charge is 0.276 e. The van der Waals surface area contributed by atoms with E-state index < -0.39 is 34.4 Å². The number of fused-ring (bicyclic) bond motifs is 2. The van der Waals surface area contributed by atoms with E-state index in [1.165, 1.54) is 22.8 Å². The lowest BCUT2D eigenvalue weighted by Gasteiger charge is -2.26. The Bertz CT molecular complexity index is 1680. The molecule has 0 bridgehead atoms. The highest BCUT2D eigenvalue weighted by atomic mass is 31.0. The van der Waals surface area contributed by atoms with Gasteiger partial charge >= 0.3 is 0 Å². The zero-order valence-corrected chi connectivity index (χ0v) is 25.6. The number of ether oxygens (including phenoxy) is 1. The van der Waals surface area contributed by atoms with Crippen molar-refractivity contribution >= 4 is 84.5 Å². The van der Waals surface area contributed by atoms with E-state index in [2.05, 4.69) is 22.5 Å². The van der Waals surface area contributed by atoms with Gasteiger partial charge in [-0.15, -0.1) is 0 Å². The van der Waals surface area contributed by atoms with Gasteiger partial charge in [-0.1, -0.05) is 26.5 Å². The zero-order chi connectivity index (χ0) is 32.9. The fraction of sp³-hybridized carbons (Fsp3) is 0.393. The number of rotatable bonds is 9. The van der Waals surface area contributed by atoms with E-state index in [0.29, 0.717) is 34.4 Å². The number of aromatic nitrogens is 1. The number of nitrogens with one attached hydrogen (secondary N) is 2. The van der Waals surface area contributed by atoms with Crippen molar-refractivity contribution < 1.29 is 22.7 Å². The molecule has 1 amide bonds. The Balaban J connectivity index is 1.42. The average Bonchev–Trinajstić information content (AvgIpc) is 3.35. The largest absolute Gasteiger partial charge is 0.514 e. The van der Waals surface area contributed by atoms with Gasteiger partial charge in [0.25, 0.3) is 5.66 Å². The summed E-state index contributed by atoms with van der Waals surface area (Å²) in [6.45, 7) is 0.388. The van der Waals surface area contributed by atoms with Crippen LogP contribution in [0.5, 0.6) is 5.75 Å². The number of benzene rings is 2. The molecule has 7 nitrogen and oxygen atoms in total. The molecule has 2 fully saturated rings. The van der Waals surface area contributed by atoms with Crippen LogP contribution < -0.4 is 20.3 Å². The van der Waals surface area contributed by atoms with Crippen molar-refractivity contribution in [1.29, 1.82) is 0 Å². The van der Waals surface area contributed by atoms with Gasteiger partial charge in [-0.2, -0.15) is 0 Å². The number of hydrogen-bond acceptors (Lipinski definition) is 5. The van der Waals surface area contributed by atoms with Crippen LogP contribution >= 0.6 is 9.24 Å². The van der Waals surface area contributed by atoms with Gasteiger partial charge in [0.05, 0.1) is 66.1 Å². The molecule has 45 heavy (non-hydrogen) atoms. The third-order valence-electron chi connectivity index (χ3n) is 7.43. The number of carbonyl (C=O) groups is 1. The normalized spacial score (nSPS) is 20.2. The second-order valence-corrected chi connectivity index (χ2v) is 12.4. The molecule has 2 aromatic carbocycles. The predicted octanol–water partition coefficient (Wildman–Crippen LogP) is 1.10. The van der Waals surface area contributed by atoms with Gasteiger partial charge in [0.1, 0.15) is 29.3 Å². The molecule has 12 radical (unpaired) electrons. The molecule has 0 spiro atoms. The van der Waals surface area contributed by atoms with E-state index in [4.69, 9.17) is 51.8 Å². The number of likely N-dealkylation sites (N-methyl/N-ethyl adjacent to an activating group) is 1. The molecule has 2 N–H and O–H groups in total. The Hall–Kier alpha value is -3.02. The summed E-state index contributed by atoms with van der Waals surface area (Å²) in [6.07, 6.45) is 0.664. The lowest BCUT2D eigenvalue weighted by atomic mass is 9.49. The maximum absolute atomic E-state index is 15.8. The SMILES string of the molecule is [B]C([B])([B])NC(=O)c1ccc(NCC#Cc2cc3c(N4[C@@H]5CCN(C)C[C@]54F)cccc3n2CC(F)(F)P)c(OC([B])([B])[B])c1. The Morgan fingerprint density at radius 1 is 1.16 bits per heavy atom. The highest BCUT2D eigenvalue weighted by Crippen LogP contribution is 2.52. The lowest BCUT2D eigenvalue weighted by molar-refractivity contribution is 0.0851. The van der Waals surface area contributed by atoms with Crippen LogP contribution in [0.1, 0.15) is 22.5 Å². The van der Waals surface area contributed by atoms with Crippen molar-refractivity contribution in [2.24, 2.45) is 0 Å². The molecule has 2 aliphatic heterocycles. The fourth-order valence-electron chi connectivity index (χ4n) is 5.66. The third kappa shape index (κ3) is 7.69. The summed E-state index contributed by atoms with van der Waals surface area (Å²) in [6, 6.07) is 10.9. The van der Waals surface area contributed by atoms with Crippen molar-refractivity contribution in [2.45, 2.75) is 41.0 Å². The number of hydrogen-bond donors (Lipinski definition) is 2. The molecule has 3 aromatic rings. The van der Waals surface area contributed by atoms with Crippen LogP contribution in [0.2, 0.25) is 0 Å². The van der Waals surface area contributed by atoms with Crippen molar-refractivity contribution in [3.63, 3.8) is 0 Å². The van der Waals surface area contributed by atoms with Crippen LogP contribution in [-0.2, 0) is 6.54 Å². The highest BCUT2D eigenvalue weighted by Gasteiger charge is 2.66. The molecule has 218 valence electrons. The average molecular weight is 616 g/mol. The Morgan fingerprint density at radius 3 is 2.53 bits per heavy atom. The summed E-state index contributed by atoms with van der Waals surface area (Å²) in [4.78, 5) is 16.1. The molecule has 3 heterocycles. The van der Waals surface area contributed by atoms with Gasteiger partial charge in [-0.3, -0.25) is 4.79 Å². The van der Waals surface area contributed by atoms with Crippen molar-refractivity contribution in [2.75, 3.05) is 36.9 Å². The number of likely N-dealkylation sites (tertiary alicyclic amines) is 1. The Morgan fingerprint density at radius 2 is 1.89 bits per heavy atom. The van der Waals surface area contributed by atoms with E-state index >= 15 is 4.39 Å². The highest BCUT2D eigenvalue weighted by molar-refractivity contribution is 7.18. The second kappa shape index (κ2) is 12.0. The first-order valence-corrected chi connectivity index (χ1v) is 14.5. The standard InChI is InChI=1S/C28H25B6F3N5O2P/c1-40-11-9-23-25(35,14-40)42(23)21-6-2-5-20-18(21)13-17(41(20)15-26(36,37)45)4-3-10-38-19-8-7-16(24(43)39-27(29,30)31)12-22(19)44-28(32,33)34/h2,5-8,12-13,23,38H,9-11,14-15,45H2,1H3,(H,39,43)/t23-,25-,42?/m1/s1. The van der Waals surface area contributed by atoms with Gasteiger partial charge in [-0.05, 0) is 61.1 Å². The van der Waals surface area contributed by atoms with Crippen LogP contribution in [0.4, 0.5) is 24.5 Å². The zero-order valence-electron chi connectivity index (χ0n) is 24.5. The summed E-state index contributed by atoms with van der Waals surface area (Å²) in [5.74, 6) is 3.66. The maximum Gasteiger partial charge on any atom is 0.276 e. The number of nitrogens with zero attached hydrogens (tertiary/aromatic N) is 3. The van der Waals surface area contributed by atoms with Crippen molar-refractivity contribution in [1.82, 2.24) is 14.8 Å². The van der Waals surface area contributed by atoms with E-state index in [1.54, 1.807) is 38.4 Å². The van der Waals surface area contributed by atoms with Crippen molar-refractivity contribution in [3.05, 3.63) is 53.7 Å². The van der Waals surface area contributed by atoms with Crippen LogP contribution in [0.15, 0.2) is 42.5 Å². The number of carbonyl (C=O) groups excluding carboxylic acids is 1. The number of piperidine rings is 1. The van der Waals surface area contributed by atoms with E-state index in [-0.39, 0.29) is 30.4 Å². The number of anilines is 2. The molecule has 1 aromatic heterocycles. The van der Waals surface area contributed by atoms with E-state index in [0.717, 1.165) is 6.54 Å². The molecule has 2 saturated heterocycles. The summed E-state index contributed by atoms with van der Waals surface area (Å²) >= 11 is 0. The molecule has 0 aliphatic carbocycles. The van der Waals surface area contributed by atoms with Gasteiger partial charge in [-0.25, -0.2) is 13.2 Å². The monoisotopic (exact) mass is 617 g/mol. The molecular weight excluding hydrogens is 591 g/mol. The summed E-state index contributed by atoms with van der Waals surface area (Å²) in [5.41, 5.74) is -1.28. The minimum absolute atomic E-state index is 0.000709. The predicted molar refractivity (Wildman–Crippen MR) is 179 cm³/mol. The van der Waals surface area contributed by atoms with Crippen LogP contribution in [-0.4, -0.2) is 117 Å². The third-order valence-corrected chi connectivity index (χ3v) is 7.61. The summed E-state index contributed by atoms with van der Waals surface area (Å²) in [7, 11) is 36.6. The summed E-state index contributed by atoms with van der Waals surface area (Å²) < 4.78 is 51.2. The minimum Gasteiger partial charge on any atom is -0.514 e. The minimum atomic E-state index is -3.12. The van der Waals surface area contributed by atoms with Crippen molar-refractivity contribution in [3.8, 4) is 17.6 Å². The molecule has 1 unspecified atom stereocenters. The molecule has 0 saturated carbocycles. The lowest BCUT2D eigenvalue weighted by Crippen LogP contribution is -2.50. The first kappa shape index (κ1) is 33.3. The number of halogens is 3. The fourth-order valence-corrected chi connectivity index (χ4v) is 5.84. The van der Waals surface area contributed by atoms with E-state index in [1.807, 2.05) is 11.9 Å². The molecule has 3 atom stereocenters. The molecule has 17 heteroatoms. The quantitative estimate of drug-likeness (QED) is 0.124. The molecule has 2 aliphatic rings. The Labute approximate surface area is 270 Å². The molecular formula is C28H25B6F3N5O2P. The first-order valence-electron chi connectivity index (χ1n) is 13.9. The van der Waals surface area contributed by atoms with Crippen LogP contribution in [0.25, 0.3) is 10.9 Å². The Kier molecular flexibility index (Phi) is 8.87. The first-order chi connectivity index (χ1) is 20.8. The van der Waals surface area contributed by atoms with Crippen LogP contribution in [0.3, 0.4) is 0 Å². The molecule has 5 rings (SSSR count). The van der Waals surface area contributed by atoms with Crippen LogP contribution in [0, 0.1) is 11.8 Å². The summed E-state index contributed by atoms with van der Waals surface area (Å²) in [5, 5.41) is 1.78. The van der Waals surface area contributed by atoms with E-state index in [9.17, 15) is 13.6 Å². The second-order valence-electron chi connectivity index (χ2n) is 11.5. The van der Waals surface area contributed by atoms with Gasteiger partial charge in [0, 0.05) is 23.2 Å². The van der Waals surface area contributed by atoms with Gasteiger partial charge in [0.15, 0.2) is 0 Å².